The van der Waals surface area contributed by atoms with Crippen molar-refractivity contribution < 1.29 is 29.4 Å². The number of amides is 2. The monoisotopic (exact) mass is 553 g/mol. The molecule has 1 aliphatic rings. The smallest absolute Gasteiger partial charge is 0.335 e. The number of hydrogen-bond acceptors (Lipinski definition) is 5. The summed E-state index contributed by atoms with van der Waals surface area (Å²) in [5, 5.41) is 26.5. The molecule has 0 aliphatic carbocycles. The van der Waals surface area contributed by atoms with Crippen LogP contribution in [0.15, 0.2) is 66.7 Å². The van der Waals surface area contributed by atoms with E-state index in [2.05, 4.69) is 35.0 Å². The molecule has 1 heterocycles. The van der Waals surface area contributed by atoms with E-state index in [1.807, 2.05) is 6.07 Å². The highest BCUT2D eigenvalue weighted by Gasteiger charge is 2.14. The molecule has 5 N–H and O–H groups in total. The average Bonchev–Trinajstić information content (AvgIpc) is 3.06. The Morgan fingerprint density at radius 3 is 1.67 bits per heavy atom. The first kappa shape index (κ1) is 31.0. The quantitative estimate of drug-likeness (QED) is 0.296. The molecule has 0 unspecified atom stereocenters. The lowest BCUT2D eigenvalue weighted by molar-refractivity contribution is -0.115. The van der Waals surface area contributed by atoms with E-state index in [0.717, 1.165) is 24.5 Å². The van der Waals surface area contributed by atoms with E-state index in [1.54, 1.807) is 24.3 Å². The summed E-state index contributed by atoms with van der Waals surface area (Å²) in [4.78, 5) is 42.1. The van der Waals surface area contributed by atoms with Crippen LogP contribution in [0.1, 0.15) is 58.5 Å². The maximum atomic E-state index is 10.6. The van der Waals surface area contributed by atoms with Gasteiger partial charge in [0.2, 0.25) is 11.8 Å². The summed E-state index contributed by atoms with van der Waals surface area (Å²) in [6, 6.07) is 18.2. The molecule has 39 heavy (non-hydrogen) atoms. The van der Waals surface area contributed by atoms with Crippen LogP contribution in [-0.4, -0.2) is 47.1 Å². The summed E-state index contributed by atoms with van der Waals surface area (Å²) < 4.78 is 0. The summed E-state index contributed by atoms with van der Waals surface area (Å²) in [5.74, 6) is -1.73. The fourth-order valence-corrected chi connectivity index (χ4v) is 3.88. The second-order valence-electron chi connectivity index (χ2n) is 8.83. The molecule has 0 fully saturated rings. The Kier molecular flexibility index (Phi) is 12.1. The largest absolute Gasteiger partial charge is 0.478 e. The molecular weight excluding hydrogens is 522 g/mol. The molecule has 0 radical (unpaired) electrons. The number of hydrogen-bond donors (Lipinski definition) is 5. The number of nitrogens with one attached hydrogen (secondary N) is 3. The van der Waals surface area contributed by atoms with Gasteiger partial charge in [-0.1, -0.05) is 24.6 Å². The van der Waals surface area contributed by atoms with E-state index in [1.165, 1.54) is 49.2 Å². The zero-order valence-electron chi connectivity index (χ0n) is 22.0. The Morgan fingerprint density at radius 1 is 0.795 bits per heavy atom. The predicted molar refractivity (Wildman–Crippen MR) is 152 cm³/mol. The van der Waals surface area contributed by atoms with Crippen LogP contribution in [0.4, 0.5) is 11.4 Å². The first-order valence-electron chi connectivity index (χ1n) is 12.2. The Hall–Kier alpha value is -4.21. The van der Waals surface area contributed by atoms with Gasteiger partial charge in [0, 0.05) is 36.8 Å². The molecular formula is C29H32ClN3O6. The molecule has 0 saturated carbocycles. The van der Waals surface area contributed by atoms with Crippen LogP contribution in [0.25, 0.3) is 0 Å². The van der Waals surface area contributed by atoms with E-state index in [0.29, 0.717) is 17.3 Å². The third-order valence-electron chi connectivity index (χ3n) is 5.56. The van der Waals surface area contributed by atoms with Crippen molar-refractivity contribution in [2.45, 2.75) is 33.1 Å². The standard InChI is InChI=1S/C11H14ClN.2C9H9NO3/c1-8-7-13-5-4-9-2-3-10(12)6-11(8)9;2*1-6(11)10-8-4-2-7(3-5-8)9(12)13/h2-3,6,8,13H,4-5,7H2,1H3;2*2-5H,1H3,(H,10,11)(H,12,13)/t8-;;/m0../s1. The zero-order valence-corrected chi connectivity index (χ0v) is 22.7. The van der Waals surface area contributed by atoms with E-state index >= 15 is 0 Å². The van der Waals surface area contributed by atoms with Crippen LogP contribution in [0.3, 0.4) is 0 Å². The van der Waals surface area contributed by atoms with Crippen molar-refractivity contribution in [1.29, 1.82) is 0 Å². The van der Waals surface area contributed by atoms with Crippen molar-refractivity contribution in [3.63, 3.8) is 0 Å². The third-order valence-corrected chi connectivity index (χ3v) is 5.80. The van der Waals surface area contributed by atoms with Gasteiger partial charge in [-0.3, -0.25) is 9.59 Å². The Morgan fingerprint density at radius 2 is 1.26 bits per heavy atom. The van der Waals surface area contributed by atoms with E-state index in [-0.39, 0.29) is 22.9 Å². The molecule has 3 aromatic rings. The molecule has 206 valence electrons. The average molecular weight is 554 g/mol. The molecule has 3 aromatic carbocycles. The molecule has 0 aromatic heterocycles. The Balaban J connectivity index is 0.000000205. The molecule has 0 spiro atoms. The van der Waals surface area contributed by atoms with Gasteiger partial charge in [-0.25, -0.2) is 9.59 Å². The minimum atomic E-state index is -0.977. The van der Waals surface area contributed by atoms with Crippen LogP contribution in [0.5, 0.6) is 0 Å². The molecule has 4 rings (SSSR count). The minimum absolute atomic E-state index is 0.178. The maximum absolute atomic E-state index is 10.6. The van der Waals surface area contributed by atoms with Gasteiger partial charge in [-0.15, -0.1) is 0 Å². The lowest BCUT2D eigenvalue weighted by atomic mass is 9.96. The lowest BCUT2D eigenvalue weighted by Gasteiger charge is -2.11. The number of aromatic carboxylic acids is 2. The van der Waals surface area contributed by atoms with Crippen molar-refractivity contribution >= 4 is 46.7 Å². The highest BCUT2D eigenvalue weighted by molar-refractivity contribution is 6.30. The normalized spacial score (nSPS) is 13.6. The summed E-state index contributed by atoms with van der Waals surface area (Å²) in [5.41, 5.74) is 4.46. The van der Waals surface area contributed by atoms with E-state index < -0.39 is 11.9 Å². The van der Waals surface area contributed by atoms with E-state index in [9.17, 15) is 19.2 Å². The number of carbonyl (C=O) groups excluding carboxylic acids is 2. The Labute approximate surface area is 232 Å². The van der Waals surface area contributed by atoms with Crippen LogP contribution in [0.2, 0.25) is 5.02 Å². The van der Waals surface area contributed by atoms with Crippen molar-refractivity contribution in [3.8, 4) is 0 Å². The van der Waals surface area contributed by atoms with E-state index in [4.69, 9.17) is 21.8 Å². The van der Waals surface area contributed by atoms with Crippen molar-refractivity contribution in [2.75, 3.05) is 23.7 Å². The molecule has 0 bridgehead atoms. The first-order valence-corrected chi connectivity index (χ1v) is 12.5. The van der Waals surface area contributed by atoms with Crippen LogP contribution >= 0.6 is 11.6 Å². The topological polar surface area (TPSA) is 145 Å². The number of halogens is 1. The van der Waals surface area contributed by atoms with Crippen LogP contribution in [-0.2, 0) is 16.0 Å². The predicted octanol–water partition coefficient (Wildman–Crippen LogP) is 5.28. The third kappa shape index (κ3) is 11.0. The SMILES string of the molecule is CC(=O)Nc1ccc(C(=O)O)cc1.CC(=O)Nc1ccc(C(=O)O)cc1.C[C@H]1CNCCc2ccc(Cl)cc21. The number of fused-ring (bicyclic) bond motifs is 1. The summed E-state index contributed by atoms with van der Waals surface area (Å²) >= 11 is 5.97. The molecule has 0 saturated heterocycles. The first-order chi connectivity index (χ1) is 18.5. The highest BCUT2D eigenvalue weighted by atomic mass is 35.5. The fraction of sp³-hybridized carbons (Fsp3) is 0.241. The van der Waals surface area contributed by atoms with Gasteiger partial charge in [0.25, 0.3) is 0 Å². The highest BCUT2D eigenvalue weighted by Crippen LogP contribution is 2.25. The van der Waals surface area contributed by atoms with Crippen LogP contribution < -0.4 is 16.0 Å². The van der Waals surface area contributed by atoms with Gasteiger partial charge < -0.3 is 26.2 Å². The van der Waals surface area contributed by atoms with Crippen molar-refractivity contribution in [3.05, 3.63) is 94.0 Å². The Bertz CT molecular complexity index is 1220. The van der Waals surface area contributed by atoms with Crippen molar-refractivity contribution in [2.24, 2.45) is 0 Å². The van der Waals surface area contributed by atoms with Crippen molar-refractivity contribution in [1.82, 2.24) is 5.32 Å². The number of rotatable bonds is 4. The summed E-state index contributed by atoms with van der Waals surface area (Å²) in [6.45, 7) is 7.18. The van der Waals surface area contributed by atoms with Crippen LogP contribution in [0, 0.1) is 0 Å². The lowest BCUT2D eigenvalue weighted by Crippen LogP contribution is -2.18. The number of carboxylic acids is 2. The summed E-state index contributed by atoms with van der Waals surface area (Å²) in [7, 11) is 0. The molecule has 1 atom stereocenters. The zero-order chi connectivity index (χ0) is 28.9. The molecule has 2 amide bonds. The molecule has 10 heteroatoms. The molecule has 1 aliphatic heterocycles. The second kappa shape index (κ2) is 15.3. The number of benzene rings is 3. The maximum Gasteiger partial charge on any atom is 0.335 e. The van der Waals surface area contributed by atoms with Gasteiger partial charge in [-0.05, 0) is 90.7 Å². The number of anilines is 2. The van der Waals surface area contributed by atoms with Gasteiger partial charge in [0.05, 0.1) is 11.1 Å². The van der Waals surface area contributed by atoms with Gasteiger partial charge in [0.15, 0.2) is 0 Å². The van der Waals surface area contributed by atoms with Gasteiger partial charge in [-0.2, -0.15) is 0 Å². The van der Waals surface area contributed by atoms with Gasteiger partial charge >= 0.3 is 11.9 Å². The number of carbonyl (C=O) groups is 4. The minimum Gasteiger partial charge on any atom is -0.478 e. The summed E-state index contributed by atoms with van der Waals surface area (Å²) in [6.07, 6.45) is 1.12. The second-order valence-corrected chi connectivity index (χ2v) is 9.26. The fourth-order valence-electron chi connectivity index (χ4n) is 3.70. The molecule has 9 nitrogen and oxygen atoms in total. The number of carboxylic acid groups (broad SMARTS) is 2. The van der Waals surface area contributed by atoms with Gasteiger partial charge in [0.1, 0.15) is 0 Å².